The van der Waals surface area contributed by atoms with Crippen LogP contribution in [0.5, 0.6) is 0 Å². The second-order valence-electron chi connectivity index (χ2n) is 7.85. The summed E-state index contributed by atoms with van der Waals surface area (Å²) in [5, 5.41) is 2.91. The lowest BCUT2D eigenvalue weighted by molar-refractivity contribution is -0.133. The number of hydrogen-bond acceptors (Lipinski definition) is 2. The van der Waals surface area contributed by atoms with Gasteiger partial charge in [0.15, 0.2) is 0 Å². The lowest BCUT2D eigenvalue weighted by Crippen LogP contribution is -2.47. The molecule has 4 nitrogen and oxygen atoms in total. The van der Waals surface area contributed by atoms with Crippen LogP contribution >= 0.6 is 0 Å². The molecule has 0 saturated carbocycles. The van der Waals surface area contributed by atoms with Gasteiger partial charge in [-0.15, -0.1) is 0 Å². The van der Waals surface area contributed by atoms with Crippen LogP contribution < -0.4 is 5.32 Å². The van der Waals surface area contributed by atoms with E-state index >= 15 is 0 Å². The van der Waals surface area contributed by atoms with Crippen molar-refractivity contribution in [2.24, 2.45) is 0 Å². The van der Waals surface area contributed by atoms with Crippen LogP contribution in [0.2, 0.25) is 0 Å². The molecule has 1 atom stereocenters. The number of hydrogen-bond donors (Lipinski definition) is 1. The van der Waals surface area contributed by atoms with Crippen LogP contribution in [-0.2, 0) is 11.3 Å². The average molecular weight is 416 g/mol. The normalized spacial score (nSPS) is 16.6. The Labute approximate surface area is 181 Å². The molecule has 0 aliphatic carbocycles. The number of nitrogens with zero attached hydrogens (tertiary/aromatic N) is 1. The van der Waals surface area contributed by atoms with Crippen molar-refractivity contribution in [3.8, 4) is 11.1 Å². The Kier molecular flexibility index (Phi) is 6.41. The van der Waals surface area contributed by atoms with Crippen molar-refractivity contribution in [1.82, 2.24) is 10.2 Å². The summed E-state index contributed by atoms with van der Waals surface area (Å²) in [7, 11) is 0. The molecule has 2 amide bonds. The quantitative estimate of drug-likeness (QED) is 0.649. The summed E-state index contributed by atoms with van der Waals surface area (Å²) in [6.07, 6.45) is 2.31. The predicted molar refractivity (Wildman–Crippen MR) is 119 cm³/mol. The van der Waals surface area contributed by atoms with Crippen molar-refractivity contribution in [3.63, 3.8) is 0 Å². The Balaban J connectivity index is 1.43. The Hall–Kier alpha value is -3.47. The molecule has 0 aromatic heterocycles. The first kappa shape index (κ1) is 20.8. The molecule has 5 heteroatoms. The monoisotopic (exact) mass is 416 g/mol. The van der Waals surface area contributed by atoms with E-state index in [0.29, 0.717) is 25.1 Å². The van der Waals surface area contributed by atoms with E-state index in [-0.39, 0.29) is 17.6 Å². The Morgan fingerprint density at radius 3 is 2.42 bits per heavy atom. The number of benzene rings is 3. The number of carbonyl (C=O) groups excluding carboxylic acids is 2. The summed E-state index contributed by atoms with van der Waals surface area (Å²) in [4.78, 5) is 27.6. The van der Waals surface area contributed by atoms with Crippen LogP contribution in [0, 0.1) is 5.82 Å². The molecular formula is C26H25FN2O2. The molecule has 1 fully saturated rings. The number of halogens is 1. The highest BCUT2D eigenvalue weighted by Crippen LogP contribution is 2.20. The molecule has 1 aliphatic heterocycles. The smallest absolute Gasteiger partial charge is 0.251 e. The molecule has 3 aromatic rings. The molecule has 1 unspecified atom stereocenters. The zero-order valence-electron chi connectivity index (χ0n) is 17.3. The molecule has 0 bridgehead atoms. The minimum Gasteiger partial charge on any atom is -0.340 e. The number of likely N-dealkylation sites (tertiary alicyclic amines) is 1. The fraction of sp³-hybridized carbons (Fsp3) is 0.231. The maximum Gasteiger partial charge on any atom is 0.251 e. The first-order valence-electron chi connectivity index (χ1n) is 10.6. The third-order valence-corrected chi connectivity index (χ3v) is 5.60. The zero-order valence-corrected chi connectivity index (χ0v) is 17.3. The number of rotatable bonds is 5. The van der Waals surface area contributed by atoms with Crippen LogP contribution in [0.1, 0.15) is 35.2 Å². The minimum absolute atomic E-state index is 0.115. The van der Waals surface area contributed by atoms with E-state index in [1.54, 1.807) is 23.1 Å². The molecule has 31 heavy (non-hydrogen) atoms. The molecule has 158 valence electrons. The molecule has 1 aliphatic rings. The van der Waals surface area contributed by atoms with E-state index in [1.807, 2.05) is 48.5 Å². The van der Waals surface area contributed by atoms with Crippen LogP contribution in [0.25, 0.3) is 11.1 Å². The van der Waals surface area contributed by atoms with Gasteiger partial charge in [-0.1, -0.05) is 54.6 Å². The lowest BCUT2D eigenvalue weighted by atomic mass is 10.0. The highest BCUT2D eigenvalue weighted by Gasteiger charge is 2.28. The molecule has 4 rings (SSSR count). The van der Waals surface area contributed by atoms with Gasteiger partial charge < -0.3 is 10.2 Å². The molecule has 0 radical (unpaired) electrons. The van der Waals surface area contributed by atoms with Gasteiger partial charge in [0.05, 0.1) is 0 Å². The van der Waals surface area contributed by atoms with Crippen molar-refractivity contribution in [2.75, 3.05) is 6.54 Å². The number of nitrogens with one attached hydrogen (secondary N) is 1. The predicted octanol–water partition coefficient (Wildman–Crippen LogP) is 4.80. The highest BCUT2D eigenvalue weighted by atomic mass is 19.1. The topological polar surface area (TPSA) is 49.4 Å². The first-order chi connectivity index (χ1) is 15.1. The molecule has 3 aromatic carbocycles. The van der Waals surface area contributed by atoms with Gasteiger partial charge in [-0.25, -0.2) is 4.39 Å². The fourth-order valence-corrected chi connectivity index (χ4v) is 3.94. The summed E-state index contributed by atoms with van der Waals surface area (Å²) in [5.41, 5.74) is 3.38. The summed E-state index contributed by atoms with van der Waals surface area (Å²) in [6, 6.07) is 23.1. The third kappa shape index (κ3) is 5.18. The second kappa shape index (κ2) is 9.56. The summed E-state index contributed by atoms with van der Waals surface area (Å²) in [5.74, 6) is -0.690. The maximum atomic E-state index is 13.5. The Morgan fingerprint density at radius 2 is 1.68 bits per heavy atom. The van der Waals surface area contributed by atoms with Gasteiger partial charge in [-0.2, -0.15) is 0 Å². The van der Waals surface area contributed by atoms with Crippen LogP contribution in [-0.4, -0.2) is 29.3 Å². The van der Waals surface area contributed by atoms with Gasteiger partial charge in [-0.05, 0) is 60.2 Å². The fourth-order valence-electron chi connectivity index (χ4n) is 3.94. The van der Waals surface area contributed by atoms with Crippen molar-refractivity contribution in [3.05, 3.63) is 95.8 Å². The zero-order chi connectivity index (χ0) is 21.6. The summed E-state index contributed by atoms with van der Waals surface area (Å²) < 4.78 is 13.5. The Bertz CT molecular complexity index is 1050. The van der Waals surface area contributed by atoms with E-state index in [2.05, 4.69) is 5.32 Å². The van der Waals surface area contributed by atoms with E-state index in [9.17, 15) is 14.0 Å². The van der Waals surface area contributed by atoms with Crippen molar-refractivity contribution < 1.29 is 14.0 Å². The van der Waals surface area contributed by atoms with Gasteiger partial charge in [0.2, 0.25) is 5.91 Å². The van der Waals surface area contributed by atoms with Crippen LogP contribution in [0.15, 0.2) is 78.9 Å². The maximum absolute atomic E-state index is 13.5. The molecule has 1 heterocycles. The third-order valence-electron chi connectivity index (χ3n) is 5.60. The molecule has 1 N–H and O–H groups in total. The van der Waals surface area contributed by atoms with E-state index in [4.69, 9.17) is 0 Å². The molecule has 1 saturated heterocycles. The SMILES string of the molecule is O=C(NC1CCCCN(Cc2cccc(F)c2)C1=O)c1ccc(-c2ccccc2)cc1. The second-order valence-corrected chi connectivity index (χ2v) is 7.85. The van der Waals surface area contributed by atoms with E-state index < -0.39 is 6.04 Å². The van der Waals surface area contributed by atoms with Gasteiger partial charge in [-0.3, -0.25) is 9.59 Å². The van der Waals surface area contributed by atoms with Crippen LogP contribution in [0.4, 0.5) is 4.39 Å². The van der Waals surface area contributed by atoms with Gasteiger partial charge in [0.25, 0.3) is 5.91 Å². The largest absolute Gasteiger partial charge is 0.340 e. The highest BCUT2D eigenvalue weighted by molar-refractivity contribution is 5.98. The standard InChI is InChI=1S/C26H25FN2O2/c27-23-10-6-7-19(17-23)18-29-16-5-4-11-24(26(29)31)28-25(30)22-14-12-21(13-15-22)20-8-2-1-3-9-20/h1-3,6-10,12-15,17,24H,4-5,11,16,18H2,(H,28,30). The summed E-state index contributed by atoms with van der Waals surface area (Å²) in [6.45, 7) is 0.947. The molecule has 0 spiro atoms. The number of carbonyl (C=O) groups is 2. The Morgan fingerprint density at radius 1 is 0.935 bits per heavy atom. The number of amides is 2. The van der Waals surface area contributed by atoms with Crippen molar-refractivity contribution in [2.45, 2.75) is 31.8 Å². The minimum atomic E-state index is -0.572. The average Bonchev–Trinajstić information content (AvgIpc) is 2.96. The van der Waals surface area contributed by atoms with Gasteiger partial charge >= 0.3 is 0 Å². The van der Waals surface area contributed by atoms with Crippen molar-refractivity contribution in [1.29, 1.82) is 0 Å². The van der Waals surface area contributed by atoms with Crippen LogP contribution in [0.3, 0.4) is 0 Å². The van der Waals surface area contributed by atoms with Crippen molar-refractivity contribution >= 4 is 11.8 Å². The van der Waals surface area contributed by atoms with Gasteiger partial charge in [0.1, 0.15) is 11.9 Å². The lowest BCUT2D eigenvalue weighted by Gasteiger charge is -2.25. The van der Waals surface area contributed by atoms with E-state index in [1.165, 1.54) is 12.1 Å². The molecular weight excluding hydrogens is 391 g/mol. The first-order valence-corrected chi connectivity index (χ1v) is 10.6. The van der Waals surface area contributed by atoms with E-state index in [0.717, 1.165) is 29.5 Å². The summed E-state index contributed by atoms with van der Waals surface area (Å²) >= 11 is 0. The van der Waals surface area contributed by atoms with Gasteiger partial charge in [0, 0.05) is 18.7 Å².